The topological polar surface area (TPSA) is 124 Å². The van der Waals surface area contributed by atoms with Crippen molar-refractivity contribution in [2.45, 2.75) is 104 Å². The maximum Gasteiger partial charge on any atom is 0.320 e. The Bertz CT molecular complexity index is 825. The molecule has 41 heavy (non-hydrogen) atoms. The quantitative estimate of drug-likeness (QED) is 0.357. The van der Waals surface area contributed by atoms with E-state index in [0.717, 1.165) is 0 Å². The van der Waals surface area contributed by atoms with Crippen molar-refractivity contribution in [2.24, 2.45) is 17.8 Å². The van der Waals surface area contributed by atoms with E-state index in [1.807, 2.05) is 58.6 Å². The second-order valence-electron chi connectivity index (χ2n) is 12.9. The number of carbonyl (C=O) groups excluding carboxylic acids is 2. The number of nitrogens with one attached hydrogen (secondary N) is 1. The fourth-order valence-corrected chi connectivity index (χ4v) is 6.48. The van der Waals surface area contributed by atoms with E-state index >= 15 is 0 Å². The van der Waals surface area contributed by atoms with Gasteiger partial charge in [-0.3, -0.25) is 14.5 Å². The maximum atomic E-state index is 13.3. The molecule has 11 nitrogen and oxygen atoms in total. The van der Waals surface area contributed by atoms with E-state index in [4.69, 9.17) is 14.2 Å². The summed E-state index contributed by atoms with van der Waals surface area (Å²) in [5.74, 6) is -1.89. The number of hydrogen-bond donors (Lipinski definition) is 3. The van der Waals surface area contributed by atoms with Crippen molar-refractivity contribution in [3.8, 4) is 0 Å². The predicted octanol–water partition coefficient (Wildman–Crippen LogP) is 1.16. The number of carbonyl (C=O) groups is 2. The number of aliphatic hydroxyl groups is 2. The van der Waals surface area contributed by atoms with E-state index in [-0.39, 0.29) is 30.5 Å². The predicted molar refractivity (Wildman–Crippen MR) is 158 cm³/mol. The molecule has 10 atom stereocenters. The summed E-state index contributed by atoms with van der Waals surface area (Å²) in [6, 6.07) is -0.196. The molecule has 0 bridgehead atoms. The molecular formula is C30H58N4O7. The highest BCUT2D eigenvalue weighted by Crippen LogP contribution is 2.36. The molecule has 2 unspecified atom stereocenters. The Hall–Kier alpha value is -1.34. The Morgan fingerprint density at radius 1 is 1.20 bits per heavy atom. The third-order valence-electron chi connectivity index (χ3n) is 8.76. The first kappa shape index (κ1) is 35.9. The zero-order valence-corrected chi connectivity index (χ0v) is 27.1. The van der Waals surface area contributed by atoms with Gasteiger partial charge in [-0.15, -0.1) is 0 Å². The normalized spacial score (nSPS) is 38.6. The molecule has 2 aliphatic heterocycles. The average Bonchev–Trinajstić information content (AvgIpc) is 2.88. The Labute approximate surface area is 247 Å². The minimum atomic E-state index is -1.38. The Morgan fingerprint density at radius 3 is 2.41 bits per heavy atom. The van der Waals surface area contributed by atoms with Crippen LogP contribution in [0.2, 0.25) is 0 Å². The minimum Gasteiger partial charge on any atom is -0.460 e. The largest absolute Gasteiger partial charge is 0.460 e. The molecule has 0 saturated carbocycles. The summed E-state index contributed by atoms with van der Waals surface area (Å²) in [6.07, 6.45) is -2.90. The van der Waals surface area contributed by atoms with E-state index in [9.17, 15) is 19.8 Å². The molecule has 0 aromatic rings. The summed E-state index contributed by atoms with van der Waals surface area (Å²) < 4.78 is 18.7. The van der Waals surface area contributed by atoms with Gasteiger partial charge in [0, 0.05) is 31.6 Å². The van der Waals surface area contributed by atoms with E-state index in [2.05, 4.69) is 17.1 Å². The highest BCUT2D eigenvalue weighted by atomic mass is 16.7. The third-order valence-corrected chi connectivity index (χ3v) is 8.76. The molecule has 0 radical (unpaired) electrons. The highest BCUT2D eigenvalue weighted by molar-refractivity contribution is 5.79. The summed E-state index contributed by atoms with van der Waals surface area (Å²) >= 11 is 0. The second-order valence-corrected chi connectivity index (χ2v) is 12.9. The van der Waals surface area contributed by atoms with Gasteiger partial charge in [0.2, 0.25) is 5.91 Å². The van der Waals surface area contributed by atoms with Gasteiger partial charge in [0.1, 0.15) is 12.2 Å². The first-order chi connectivity index (χ1) is 19.1. The van der Waals surface area contributed by atoms with Crippen LogP contribution in [0.5, 0.6) is 0 Å². The molecule has 2 fully saturated rings. The van der Waals surface area contributed by atoms with Gasteiger partial charge in [0.25, 0.3) is 0 Å². The SMILES string of the molecule is CCN(CC)CC(=O)O[C@H]1C(C)[C@@H](O[C@@H]2OC(C)C[C@H](N(C)C)[C@H]2O)[C@](C)(O)C[C@@H](C)CN(C)CCNC(=O)[C@@H]1C. The molecule has 0 aromatic carbocycles. The molecule has 2 heterocycles. The lowest BCUT2D eigenvalue weighted by Gasteiger charge is -2.47. The van der Waals surface area contributed by atoms with E-state index in [1.54, 1.807) is 13.8 Å². The summed E-state index contributed by atoms with van der Waals surface area (Å²) in [5, 5.41) is 26.3. The van der Waals surface area contributed by atoms with Crippen LogP contribution in [-0.2, 0) is 23.8 Å². The summed E-state index contributed by atoms with van der Waals surface area (Å²) in [6.45, 7) is 16.6. The summed E-state index contributed by atoms with van der Waals surface area (Å²) in [7, 11) is 5.80. The van der Waals surface area contributed by atoms with Gasteiger partial charge in [0.05, 0.1) is 30.3 Å². The molecule has 0 aliphatic carbocycles. The lowest BCUT2D eigenvalue weighted by atomic mass is 9.77. The Kier molecular flexibility index (Phi) is 13.9. The van der Waals surface area contributed by atoms with Crippen molar-refractivity contribution in [2.75, 3.05) is 60.4 Å². The van der Waals surface area contributed by atoms with Crippen molar-refractivity contribution in [3.05, 3.63) is 0 Å². The molecule has 2 saturated heterocycles. The number of esters is 1. The molecule has 3 N–H and O–H groups in total. The van der Waals surface area contributed by atoms with Crippen LogP contribution in [0.25, 0.3) is 0 Å². The first-order valence-corrected chi connectivity index (χ1v) is 15.4. The zero-order chi connectivity index (χ0) is 31.1. The number of hydrogen-bond acceptors (Lipinski definition) is 10. The average molecular weight is 587 g/mol. The number of nitrogens with zero attached hydrogens (tertiary/aromatic N) is 3. The third kappa shape index (κ3) is 10.1. The van der Waals surface area contributed by atoms with Gasteiger partial charge in [-0.25, -0.2) is 0 Å². The second kappa shape index (κ2) is 15.9. The first-order valence-electron chi connectivity index (χ1n) is 15.4. The van der Waals surface area contributed by atoms with Crippen LogP contribution < -0.4 is 5.32 Å². The highest BCUT2D eigenvalue weighted by Gasteiger charge is 2.48. The van der Waals surface area contributed by atoms with Gasteiger partial charge in [-0.1, -0.05) is 34.6 Å². The molecule has 0 aromatic heterocycles. The monoisotopic (exact) mass is 586 g/mol. The van der Waals surface area contributed by atoms with Crippen molar-refractivity contribution in [1.29, 1.82) is 0 Å². The van der Waals surface area contributed by atoms with E-state index in [0.29, 0.717) is 45.6 Å². The number of likely N-dealkylation sites (N-methyl/N-ethyl adjacent to an activating group) is 3. The molecule has 2 rings (SSSR count). The van der Waals surface area contributed by atoms with Crippen LogP contribution in [0.3, 0.4) is 0 Å². The van der Waals surface area contributed by atoms with Gasteiger partial charge in [-0.05, 0) is 66.8 Å². The minimum absolute atomic E-state index is 0.0940. The molecule has 0 spiro atoms. The van der Waals surface area contributed by atoms with Gasteiger partial charge >= 0.3 is 5.97 Å². The number of ether oxygens (including phenoxy) is 3. The van der Waals surface area contributed by atoms with Gasteiger partial charge < -0.3 is 39.5 Å². The molecule has 240 valence electrons. The van der Waals surface area contributed by atoms with Crippen molar-refractivity contribution >= 4 is 11.9 Å². The molecule has 11 heteroatoms. The smallest absolute Gasteiger partial charge is 0.320 e. The maximum absolute atomic E-state index is 13.3. The van der Waals surface area contributed by atoms with Crippen LogP contribution in [0.4, 0.5) is 0 Å². The summed E-state index contributed by atoms with van der Waals surface area (Å²) in [5.41, 5.74) is -1.38. The Morgan fingerprint density at radius 2 is 1.83 bits per heavy atom. The van der Waals surface area contributed by atoms with E-state index < -0.39 is 48.0 Å². The van der Waals surface area contributed by atoms with Crippen molar-refractivity contribution < 1.29 is 34.0 Å². The fourth-order valence-electron chi connectivity index (χ4n) is 6.48. The van der Waals surface area contributed by atoms with Crippen LogP contribution in [-0.4, -0.2) is 140 Å². The van der Waals surface area contributed by atoms with Crippen LogP contribution in [0.1, 0.15) is 61.3 Å². The van der Waals surface area contributed by atoms with E-state index in [1.165, 1.54) is 0 Å². The number of aliphatic hydroxyl groups excluding tert-OH is 1. The van der Waals surface area contributed by atoms with Crippen LogP contribution in [0.15, 0.2) is 0 Å². The van der Waals surface area contributed by atoms with Crippen molar-refractivity contribution in [1.82, 2.24) is 20.0 Å². The molecule has 2 aliphatic rings. The lowest BCUT2D eigenvalue weighted by molar-refractivity contribution is -0.299. The fraction of sp³-hybridized carbons (Fsp3) is 0.933. The lowest BCUT2D eigenvalue weighted by Crippen LogP contribution is -2.59. The Balaban J connectivity index is 2.52. The molecule has 1 amide bonds. The van der Waals surface area contributed by atoms with Crippen LogP contribution in [0, 0.1) is 17.8 Å². The molecular weight excluding hydrogens is 528 g/mol. The van der Waals surface area contributed by atoms with Crippen molar-refractivity contribution in [3.63, 3.8) is 0 Å². The number of amides is 1. The number of rotatable bonds is 8. The van der Waals surface area contributed by atoms with Crippen LogP contribution >= 0.6 is 0 Å². The van der Waals surface area contributed by atoms with Gasteiger partial charge in [-0.2, -0.15) is 0 Å². The van der Waals surface area contributed by atoms with Gasteiger partial charge in [0.15, 0.2) is 6.29 Å². The zero-order valence-electron chi connectivity index (χ0n) is 27.1. The standard InChI is InChI=1S/C30H58N4O7/c1-11-34(12-2)18-24(35)40-26-21(5)27(41-29-25(36)23(32(8)9)15-20(4)39-29)30(7,38)16-19(3)17-33(10)14-13-31-28(37)22(26)6/h19-23,25-27,29,36,38H,11-18H2,1-10H3,(H,31,37)/t19-,20?,21?,22-,23+,25-,26+,27-,29+,30-/m1/s1. The summed E-state index contributed by atoms with van der Waals surface area (Å²) in [4.78, 5) is 32.5.